The molecular weight excluding hydrogens is 196 g/mol. The summed E-state index contributed by atoms with van der Waals surface area (Å²) in [5, 5.41) is 17.6. The Morgan fingerprint density at radius 3 is 2.93 bits per heavy atom. The van der Waals surface area contributed by atoms with Crippen molar-refractivity contribution in [2.45, 2.75) is 23.5 Å². The zero-order chi connectivity index (χ0) is 10.4. The maximum absolute atomic E-state index is 8.72. The van der Waals surface area contributed by atoms with Gasteiger partial charge in [0.1, 0.15) is 11.8 Å². The first kappa shape index (κ1) is 11.0. The predicted octanol–water partition coefficient (Wildman–Crippen LogP) is 1.82. The molecule has 0 aliphatic heterocycles. The van der Waals surface area contributed by atoms with Crippen molar-refractivity contribution in [3.05, 3.63) is 24.0 Å². The molecule has 1 N–H and O–H groups in total. The Hall–Kier alpha value is -1.05. The van der Waals surface area contributed by atoms with E-state index in [0.29, 0.717) is 10.9 Å². The zero-order valence-corrected chi connectivity index (χ0v) is 8.79. The molecule has 1 rings (SSSR count). The monoisotopic (exact) mass is 208 g/mol. The van der Waals surface area contributed by atoms with Crippen molar-refractivity contribution >= 4 is 11.8 Å². The van der Waals surface area contributed by atoms with E-state index >= 15 is 0 Å². The number of aromatic nitrogens is 1. The van der Waals surface area contributed by atoms with E-state index in [-0.39, 0.29) is 6.61 Å². The van der Waals surface area contributed by atoms with Crippen molar-refractivity contribution in [2.75, 3.05) is 6.61 Å². The number of hydrogen-bond acceptors (Lipinski definition) is 4. The van der Waals surface area contributed by atoms with Crippen LogP contribution in [0.25, 0.3) is 0 Å². The highest BCUT2D eigenvalue weighted by atomic mass is 32.2. The number of rotatable bonds is 4. The molecule has 0 fully saturated rings. The topological polar surface area (TPSA) is 56.9 Å². The van der Waals surface area contributed by atoms with Crippen LogP contribution in [0, 0.1) is 11.3 Å². The van der Waals surface area contributed by atoms with Gasteiger partial charge >= 0.3 is 0 Å². The van der Waals surface area contributed by atoms with Gasteiger partial charge in [-0.3, -0.25) is 0 Å². The minimum absolute atomic E-state index is 0.206. The molecule has 0 spiro atoms. The molecular formula is C10H12N2OS. The molecule has 1 atom stereocenters. The fourth-order valence-corrected chi connectivity index (χ4v) is 1.94. The molecule has 1 aromatic heterocycles. The van der Waals surface area contributed by atoms with Gasteiger partial charge in [0.05, 0.1) is 0 Å². The van der Waals surface area contributed by atoms with Crippen LogP contribution in [-0.4, -0.2) is 21.9 Å². The lowest BCUT2D eigenvalue weighted by Crippen LogP contribution is -1.99. The first-order chi connectivity index (χ1) is 6.76. The van der Waals surface area contributed by atoms with Gasteiger partial charge in [-0.2, -0.15) is 5.26 Å². The van der Waals surface area contributed by atoms with Gasteiger partial charge in [-0.15, -0.1) is 11.8 Å². The third kappa shape index (κ3) is 3.36. The molecule has 0 aromatic carbocycles. The number of nitrogens with zero attached hydrogens (tertiary/aromatic N) is 2. The SMILES string of the molecule is CC(CCO)Sc1ccc(C#N)nc1. The molecule has 74 valence electrons. The number of thioether (sulfide) groups is 1. The summed E-state index contributed by atoms with van der Waals surface area (Å²) in [6.45, 7) is 2.26. The molecule has 0 saturated carbocycles. The zero-order valence-electron chi connectivity index (χ0n) is 7.97. The summed E-state index contributed by atoms with van der Waals surface area (Å²) in [5.74, 6) is 0. The van der Waals surface area contributed by atoms with Gasteiger partial charge in [0.2, 0.25) is 0 Å². The van der Waals surface area contributed by atoms with Crippen molar-refractivity contribution < 1.29 is 5.11 Å². The summed E-state index contributed by atoms with van der Waals surface area (Å²) in [6, 6.07) is 5.55. The molecule has 0 bridgehead atoms. The van der Waals surface area contributed by atoms with Crippen LogP contribution in [0.2, 0.25) is 0 Å². The summed E-state index contributed by atoms with van der Waals surface area (Å²) >= 11 is 1.66. The summed E-state index contributed by atoms with van der Waals surface area (Å²) in [5.41, 5.74) is 0.434. The highest BCUT2D eigenvalue weighted by Crippen LogP contribution is 2.23. The molecule has 0 saturated heterocycles. The number of aliphatic hydroxyl groups is 1. The minimum atomic E-state index is 0.206. The fraction of sp³-hybridized carbons (Fsp3) is 0.400. The Balaban J connectivity index is 2.56. The first-order valence-electron chi connectivity index (χ1n) is 4.40. The first-order valence-corrected chi connectivity index (χ1v) is 5.28. The Morgan fingerprint density at radius 1 is 1.64 bits per heavy atom. The molecule has 0 amide bonds. The number of pyridine rings is 1. The molecule has 0 aliphatic carbocycles. The van der Waals surface area contributed by atoms with Gasteiger partial charge in [-0.05, 0) is 18.6 Å². The van der Waals surface area contributed by atoms with Crippen molar-refractivity contribution in [1.29, 1.82) is 5.26 Å². The minimum Gasteiger partial charge on any atom is -0.396 e. The molecule has 0 aliphatic rings. The highest BCUT2D eigenvalue weighted by molar-refractivity contribution is 7.99. The van der Waals surface area contributed by atoms with Gasteiger partial charge in [-0.1, -0.05) is 6.92 Å². The van der Waals surface area contributed by atoms with Crippen molar-refractivity contribution in [3.63, 3.8) is 0 Å². The quantitative estimate of drug-likeness (QED) is 0.767. The van der Waals surface area contributed by atoms with Gasteiger partial charge in [-0.25, -0.2) is 4.98 Å². The van der Waals surface area contributed by atoms with Gasteiger partial charge in [0.25, 0.3) is 0 Å². The van der Waals surface area contributed by atoms with Crippen LogP contribution < -0.4 is 0 Å². The maximum atomic E-state index is 8.72. The second-order valence-electron chi connectivity index (χ2n) is 2.93. The Labute approximate surface area is 87.8 Å². The largest absolute Gasteiger partial charge is 0.396 e. The molecule has 4 heteroatoms. The van der Waals surface area contributed by atoms with Gasteiger partial charge in [0.15, 0.2) is 0 Å². The number of nitriles is 1. The molecule has 1 unspecified atom stereocenters. The van der Waals surface area contributed by atoms with E-state index in [1.165, 1.54) is 0 Å². The maximum Gasteiger partial charge on any atom is 0.140 e. The predicted molar refractivity (Wildman–Crippen MR) is 56.0 cm³/mol. The number of hydrogen-bond donors (Lipinski definition) is 1. The van der Waals surface area contributed by atoms with E-state index in [9.17, 15) is 0 Å². The summed E-state index contributed by atoms with van der Waals surface area (Å²) in [4.78, 5) is 5.00. The second-order valence-corrected chi connectivity index (χ2v) is 4.44. The Kier molecular flexibility index (Phi) is 4.44. The highest BCUT2D eigenvalue weighted by Gasteiger charge is 2.03. The van der Waals surface area contributed by atoms with Gasteiger partial charge in [0, 0.05) is 22.9 Å². The van der Waals surface area contributed by atoms with Crippen LogP contribution in [0.15, 0.2) is 23.2 Å². The summed E-state index contributed by atoms with van der Waals surface area (Å²) < 4.78 is 0. The Bertz CT molecular complexity index is 318. The summed E-state index contributed by atoms with van der Waals surface area (Å²) in [6.07, 6.45) is 2.46. The third-order valence-electron chi connectivity index (χ3n) is 1.72. The second kappa shape index (κ2) is 5.63. The summed E-state index contributed by atoms with van der Waals surface area (Å²) in [7, 11) is 0. The van der Waals surface area contributed by atoms with E-state index in [0.717, 1.165) is 11.3 Å². The van der Waals surface area contributed by atoms with Crippen molar-refractivity contribution in [3.8, 4) is 6.07 Å². The number of aliphatic hydroxyl groups excluding tert-OH is 1. The molecule has 3 nitrogen and oxygen atoms in total. The van der Waals surface area contributed by atoms with Crippen molar-refractivity contribution in [1.82, 2.24) is 4.98 Å². The molecule has 1 heterocycles. The lowest BCUT2D eigenvalue weighted by atomic mass is 10.3. The average molecular weight is 208 g/mol. The van der Waals surface area contributed by atoms with E-state index in [1.54, 1.807) is 24.0 Å². The molecule has 0 radical (unpaired) electrons. The van der Waals surface area contributed by atoms with E-state index in [2.05, 4.69) is 11.9 Å². The van der Waals surface area contributed by atoms with E-state index in [4.69, 9.17) is 10.4 Å². The molecule has 14 heavy (non-hydrogen) atoms. The van der Waals surface area contributed by atoms with Crippen LogP contribution >= 0.6 is 11.8 Å². The van der Waals surface area contributed by atoms with Crippen LogP contribution in [0.5, 0.6) is 0 Å². The lowest BCUT2D eigenvalue weighted by Gasteiger charge is -2.08. The van der Waals surface area contributed by atoms with Crippen LogP contribution in [0.1, 0.15) is 19.0 Å². The lowest BCUT2D eigenvalue weighted by molar-refractivity contribution is 0.289. The third-order valence-corrected chi connectivity index (χ3v) is 2.88. The normalized spacial score (nSPS) is 12.1. The standard InChI is InChI=1S/C10H12N2OS/c1-8(4-5-13)14-10-3-2-9(6-11)12-7-10/h2-3,7-8,13H,4-5H2,1H3. The van der Waals surface area contributed by atoms with E-state index in [1.807, 2.05) is 12.1 Å². The van der Waals surface area contributed by atoms with Crippen LogP contribution in [-0.2, 0) is 0 Å². The molecule has 1 aromatic rings. The Morgan fingerprint density at radius 2 is 2.43 bits per heavy atom. The van der Waals surface area contributed by atoms with Crippen LogP contribution in [0.3, 0.4) is 0 Å². The van der Waals surface area contributed by atoms with E-state index < -0.39 is 0 Å². The fourth-order valence-electron chi connectivity index (χ4n) is 0.989. The average Bonchev–Trinajstić information content (AvgIpc) is 2.19. The van der Waals surface area contributed by atoms with Crippen LogP contribution in [0.4, 0.5) is 0 Å². The smallest absolute Gasteiger partial charge is 0.140 e. The van der Waals surface area contributed by atoms with Crippen molar-refractivity contribution in [2.24, 2.45) is 0 Å². The van der Waals surface area contributed by atoms with Gasteiger partial charge < -0.3 is 5.11 Å².